The number of carbonyl (C=O) groups excluding carboxylic acids is 2. The van der Waals surface area contributed by atoms with E-state index in [-0.39, 0.29) is 23.1 Å². The molecule has 1 aliphatic carbocycles. The van der Waals surface area contributed by atoms with Crippen molar-refractivity contribution >= 4 is 21.7 Å². The zero-order chi connectivity index (χ0) is 23.2. The highest BCUT2D eigenvalue weighted by molar-refractivity contribution is 7.89. The van der Waals surface area contributed by atoms with Crippen molar-refractivity contribution in [1.29, 1.82) is 0 Å². The molecule has 0 saturated carbocycles. The molecule has 1 heterocycles. The summed E-state index contributed by atoms with van der Waals surface area (Å²) in [5.41, 5.74) is 3.20. The fourth-order valence-corrected chi connectivity index (χ4v) is 5.82. The molecule has 1 fully saturated rings. The van der Waals surface area contributed by atoms with Crippen LogP contribution in [0.25, 0.3) is 11.1 Å². The number of benzene rings is 3. The topological polar surface area (TPSA) is 83.6 Å². The number of amides is 1. The molecule has 8 heteroatoms. The second-order valence-corrected chi connectivity index (χ2v) is 10.0. The van der Waals surface area contributed by atoms with E-state index in [1.807, 2.05) is 18.2 Å². The van der Waals surface area contributed by atoms with E-state index < -0.39 is 21.9 Å². The molecule has 0 radical (unpaired) electrons. The highest BCUT2D eigenvalue weighted by Crippen LogP contribution is 2.37. The van der Waals surface area contributed by atoms with Gasteiger partial charge in [0, 0.05) is 35.8 Å². The molecule has 0 aromatic heterocycles. The van der Waals surface area contributed by atoms with Gasteiger partial charge in [-0.1, -0.05) is 36.4 Å². The van der Waals surface area contributed by atoms with Crippen LogP contribution in [0.3, 0.4) is 0 Å². The number of piperidine rings is 1. The molecule has 2 aliphatic rings. The standard InChI is InChI=1S/C25H21FN2O4S/c26-17-5-3-7-19(14-17)33(31,32)27-18-6-4-12-28(15-18)25(30)16-10-11-21-20-8-1-2-9-22(20)24(29)23(21)13-16/h1-3,5,7-11,13-14,18,27H,4,6,12,15H2. The highest BCUT2D eigenvalue weighted by Gasteiger charge is 2.31. The van der Waals surface area contributed by atoms with Gasteiger partial charge in [-0.15, -0.1) is 0 Å². The molecule has 3 aromatic rings. The molecule has 5 rings (SSSR count). The Labute approximate surface area is 191 Å². The number of rotatable bonds is 4. The number of hydrogen-bond donors (Lipinski definition) is 1. The average Bonchev–Trinajstić information content (AvgIpc) is 3.10. The zero-order valence-corrected chi connectivity index (χ0v) is 18.4. The van der Waals surface area contributed by atoms with Crippen LogP contribution in [0.2, 0.25) is 0 Å². The fourth-order valence-electron chi connectivity index (χ4n) is 4.52. The second-order valence-electron chi connectivity index (χ2n) is 8.30. The average molecular weight is 465 g/mol. The normalized spacial score (nSPS) is 17.5. The molecule has 0 bridgehead atoms. The Hall–Kier alpha value is -3.36. The van der Waals surface area contributed by atoms with Gasteiger partial charge in [0.05, 0.1) is 4.90 Å². The van der Waals surface area contributed by atoms with Gasteiger partial charge < -0.3 is 4.90 Å². The Morgan fingerprint density at radius 3 is 2.48 bits per heavy atom. The fraction of sp³-hybridized carbons (Fsp3) is 0.200. The molecule has 33 heavy (non-hydrogen) atoms. The smallest absolute Gasteiger partial charge is 0.253 e. The molecular formula is C25H21FN2O4S. The summed E-state index contributed by atoms with van der Waals surface area (Å²) in [4.78, 5) is 27.4. The first-order valence-electron chi connectivity index (χ1n) is 10.7. The monoisotopic (exact) mass is 464 g/mol. The molecular weight excluding hydrogens is 443 g/mol. The Bertz CT molecular complexity index is 1390. The molecule has 1 unspecified atom stereocenters. The first-order valence-corrected chi connectivity index (χ1v) is 12.2. The summed E-state index contributed by atoms with van der Waals surface area (Å²) in [7, 11) is -3.91. The maximum absolute atomic E-state index is 13.5. The predicted octanol–water partition coefficient (Wildman–Crippen LogP) is 3.62. The van der Waals surface area contributed by atoms with Crippen LogP contribution >= 0.6 is 0 Å². The van der Waals surface area contributed by atoms with Crippen LogP contribution in [-0.4, -0.2) is 44.1 Å². The van der Waals surface area contributed by atoms with E-state index in [9.17, 15) is 22.4 Å². The van der Waals surface area contributed by atoms with E-state index >= 15 is 0 Å². The van der Waals surface area contributed by atoms with Crippen molar-refractivity contribution in [2.75, 3.05) is 13.1 Å². The van der Waals surface area contributed by atoms with Gasteiger partial charge in [-0.3, -0.25) is 9.59 Å². The summed E-state index contributed by atoms with van der Waals surface area (Å²) in [5, 5.41) is 0. The number of hydrogen-bond acceptors (Lipinski definition) is 4. The lowest BCUT2D eigenvalue weighted by Gasteiger charge is -2.33. The second kappa shape index (κ2) is 8.20. The van der Waals surface area contributed by atoms with E-state index in [1.54, 1.807) is 29.2 Å². The van der Waals surface area contributed by atoms with Crippen LogP contribution in [0.1, 0.15) is 39.1 Å². The lowest BCUT2D eigenvalue weighted by Crippen LogP contribution is -2.49. The molecule has 6 nitrogen and oxygen atoms in total. The third-order valence-corrected chi connectivity index (χ3v) is 7.63. The van der Waals surface area contributed by atoms with Gasteiger partial charge in [-0.05, 0) is 54.3 Å². The number of nitrogens with one attached hydrogen (secondary N) is 1. The minimum absolute atomic E-state index is 0.102. The summed E-state index contributed by atoms with van der Waals surface area (Å²) in [5.74, 6) is -0.988. The zero-order valence-electron chi connectivity index (χ0n) is 17.6. The van der Waals surface area contributed by atoms with E-state index in [1.165, 1.54) is 18.2 Å². The van der Waals surface area contributed by atoms with Crippen LogP contribution in [0.5, 0.6) is 0 Å². The number of nitrogens with zero attached hydrogens (tertiary/aromatic N) is 1. The largest absolute Gasteiger partial charge is 0.337 e. The van der Waals surface area contributed by atoms with Crippen LogP contribution in [0.4, 0.5) is 4.39 Å². The number of likely N-dealkylation sites (tertiary alicyclic amines) is 1. The molecule has 1 aliphatic heterocycles. The summed E-state index contributed by atoms with van der Waals surface area (Å²) in [6, 6.07) is 16.8. The minimum atomic E-state index is -3.91. The maximum atomic E-state index is 13.5. The van der Waals surface area contributed by atoms with E-state index in [0.717, 1.165) is 17.2 Å². The van der Waals surface area contributed by atoms with Crippen LogP contribution in [-0.2, 0) is 10.0 Å². The number of sulfonamides is 1. The van der Waals surface area contributed by atoms with Gasteiger partial charge >= 0.3 is 0 Å². The van der Waals surface area contributed by atoms with Gasteiger partial charge in [-0.2, -0.15) is 0 Å². The van der Waals surface area contributed by atoms with Crippen molar-refractivity contribution in [2.24, 2.45) is 0 Å². The van der Waals surface area contributed by atoms with Gasteiger partial charge in [0.2, 0.25) is 10.0 Å². The molecule has 168 valence electrons. The molecule has 1 atom stereocenters. The van der Waals surface area contributed by atoms with Crippen LogP contribution < -0.4 is 4.72 Å². The Morgan fingerprint density at radius 1 is 0.939 bits per heavy atom. The van der Waals surface area contributed by atoms with Crippen molar-refractivity contribution in [2.45, 2.75) is 23.8 Å². The number of halogens is 1. The van der Waals surface area contributed by atoms with Crippen molar-refractivity contribution in [1.82, 2.24) is 9.62 Å². The van der Waals surface area contributed by atoms with Gasteiger partial charge in [-0.25, -0.2) is 17.5 Å². The summed E-state index contributed by atoms with van der Waals surface area (Å²) < 4.78 is 41.4. The van der Waals surface area contributed by atoms with Crippen molar-refractivity contribution in [3.63, 3.8) is 0 Å². The Morgan fingerprint density at radius 2 is 1.70 bits per heavy atom. The maximum Gasteiger partial charge on any atom is 0.253 e. The summed E-state index contributed by atoms with van der Waals surface area (Å²) in [6.45, 7) is 0.681. The molecule has 3 aromatic carbocycles. The Balaban J connectivity index is 1.33. The highest BCUT2D eigenvalue weighted by atomic mass is 32.2. The van der Waals surface area contributed by atoms with Crippen molar-refractivity contribution in [3.8, 4) is 11.1 Å². The SMILES string of the molecule is O=C1c2ccccc2-c2ccc(C(=O)N3CCCC(NS(=O)(=O)c4cccc(F)c4)C3)cc21. The lowest BCUT2D eigenvalue weighted by atomic mass is 10.0. The number of ketones is 1. The molecule has 0 spiro atoms. The van der Waals surface area contributed by atoms with E-state index in [2.05, 4.69) is 4.72 Å². The van der Waals surface area contributed by atoms with E-state index in [0.29, 0.717) is 36.1 Å². The minimum Gasteiger partial charge on any atom is -0.337 e. The van der Waals surface area contributed by atoms with Crippen LogP contribution in [0.15, 0.2) is 71.6 Å². The van der Waals surface area contributed by atoms with E-state index in [4.69, 9.17) is 0 Å². The predicted molar refractivity (Wildman–Crippen MR) is 121 cm³/mol. The van der Waals surface area contributed by atoms with Crippen molar-refractivity contribution in [3.05, 3.63) is 89.2 Å². The van der Waals surface area contributed by atoms with Crippen LogP contribution in [0, 0.1) is 5.82 Å². The summed E-state index contributed by atoms with van der Waals surface area (Å²) in [6.07, 6.45) is 1.19. The third kappa shape index (κ3) is 3.96. The van der Waals surface area contributed by atoms with Gasteiger partial charge in [0.25, 0.3) is 5.91 Å². The first-order chi connectivity index (χ1) is 15.8. The van der Waals surface area contributed by atoms with Gasteiger partial charge in [0.1, 0.15) is 5.82 Å². The number of carbonyl (C=O) groups is 2. The summed E-state index contributed by atoms with van der Waals surface area (Å²) >= 11 is 0. The van der Waals surface area contributed by atoms with Crippen molar-refractivity contribution < 1.29 is 22.4 Å². The first kappa shape index (κ1) is 21.5. The molecule has 1 saturated heterocycles. The lowest BCUT2D eigenvalue weighted by molar-refractivity contribution is 0.0703. The Kier molecular flexibility index (Phi) is 5.34. The number of fused-ring (bicyclic) bond motifs is 3. The molecule has 1 N–H and O–H groups in total. The molecule has 1 amide bonds. The quantitative estimate of drug-likeness (QED) is 0.500. The third-order valence-electron chi connectivity index (χ3n) is 6.11. The van der Waals surface area contributed by atoms with Gasteiger partial charge in [0.15, 0.2) is 5.78 Å².